The summed E-state index contributed by atoms with van der Waals surface area (Å²) in [5, 5.41) is 11.4. The maximum Gasteiger partial charge on any atom is 0.243 e. The van der Waals surface area contributed by atoms with Gasteiger partial charge in [-0.1, -0.05) is 0 Å². The Kier molecular flexibility index (Phi) is 3.54. The van der Waals surface area contributed by atoms with Crippen molar-refractivity contribution in [3.05, 3.63) is 0 Å². The summed E-state index contributed by atoms with van der Waals surface area (Å²) in [6.45, 7) is 2.48. The number of rotatable bonds is 3. The molecule has 0 aromatic heterocycles. The summed E-state index contributed by atoms with van der Waals surface area (Å²) in [7, 11) is 0. The molecule has 12 heavy (non-hydrogen) atoms. The van der Waals surface area contributed by atoms with E-state index in [1.165, 1.54) is 13.8 Å². The Morgan fingerprint density at radius 3 is 2.17 bits per heavy atom. The summed E-state index contributed by atoms with van der Waals surface area (Å²) in [6.07, 6.45) is 0. The lowest BCUT2D eigenvalue weighted by molar-refractivity contribution is -0.129. The predicted molar refractivity (Wildman–Crippen MR) is 46.4 cm³/mol. The minimum Gasteiger partial charge on any atom is -0.377 e. The van der Waals surface area contributed by atoms with Crippen LogP contribution in [0.3, 0.4) is 0 Å². The summed E-state index contributed by atoms with van der Waals surface area (Å²) in [4.78, 5) is 19.6. The molecule has 2 atom stereocenters. The molecule has 0 radical (unpaired) electrons. The van der Waals surface area contributed by atoms with Gasteiger partial charge in [0.05, 0.1) is 0 Å². The van der Waals surface area contributed by atoms with E-state index in [0.29, 0.717) is 0 Å². The monoisotopic (exact) mass is 192 g/mol. The van der Waals surface area contributed by atoms with Crippen LogP contribution < -0.4 is 11.1 Å². The molecule has 0 bridgehead atoms. The molecule has 0 rings (SSSR count). The SMILES string of the molecule is CC(=O)NC(C(N)=O)C(C)(O)S. The predicted octanol–water partition coefficient (Wildman–Crippen LogP) is -1.39. The summed E-state index contributed by atoms with van der Waals surface area (Å²) >= 11 is 3.70. The Balaban J connectivity index is 4.46. The average molecular weight is 192 g/mol. The van der Waals surface area contributed by atoms with Crippen LogP contribution in [0.4, 0.5) is 0 Å². The van der Waals surface area contributed by atoms with Crippen molar-refractivity contribution >= 4 is 24.4 Å². The number of amides is 2. The smallest absolute Gasteiger partial charge is 0.243 e. The van der Waals surface area contributed by atoms with Crippen molar-refractivity contribution in [2.24, 2.45) is 5.73 Å². The molecule has 0 saturated heterocycles. The van der Waals surface area contributed by atoms with Crippen molar-refractivity contribution in [1.29, 1.82) is 0 Å². The van der Waals surface area contributed by atoms with Crippen LogP contribution in [0.5, 0.6) is 0 Å². The van der Waals surface area contributed by atoms with Gasteiger partial charge in [-0.05, 0) is 6.92 Å². The van der Waals surface area contributed by atoms with Gasteiger partial charge >= 0.3 is 0 Å². The van der Waals surface area contributed by atoms with Crippen LogP contribution in [-0.4, -0.2) is 27.9 Å². The number of nitrogens with one attached hydrogen (secondary N) is 1. The lowest BCUT2D eigenvalue weighted by atomic mass is 10.1. The molecule has 2 unspecified atom stereocenters. The van der Waals surface area contributed by atoms with Crippen molar-refractivity contribution in [2.75, 3.05) is 0 Å². The number of carbonyl (C=O) groups is 2. The summed E-state index contributed by atoms with van der Waals surface area (Å²) in [5.74, 6) is -1.28. The average Bonchev–Trinajstić information content (AvgIpc) is 1.79. The molecule has 4 N–H and O–H groups in total. The number of aliphatic hydroxyl groups is 1. The second kappa shape index (κ2) is 3.77. The molecule has 0 fully saturated rings. The van der Waals surface area contributed by atoms with E-state index in [9.17, 15) is 14.7 Å². The molecule has 0 heterocycles. The maximum absolute atomic E-state index is 10.7. The van der Waals surface area contributed by atoms with Crippen molar-refractivity contribution in [3.63, 3.8) is 0 Å². The summed E-state index contributed by atoms with van der Waals surface area (Å²) in [5.41, 5.74) is 4.91. The minimum absolute atomic E-state index is 0.451. The molecular formula is C6H12N2O3S. The number of hydrogen-bond donors (Lipinski definition) is 4. The van der Waals surface area contributed by atoms with Gasteiger partial charge in [0.1, 0.15) is 11.0 Å². The molecule has 0 aromatic rings. The zero-order valence-electron chi connectivity index (χ0n) is 6.87. The zero-order chi connectivity index (χ0) is 9.94. The van der Waals surface area contributed by atoms with Crippen molar-refractivity contribution in [1.82, 2.24) is 5.32 Å². The fraction of sp³-hybridized carbons (Fsp3) is 0.667. The van der Waals surface area contributed by atoms with Gasteiger partial charge in [-0.15, -0.1) is 12.6 Å². The fourth-order valence-electron chi connectivity index (χ4n) is 0.681. The summed E-state index contributed by atoms with van der Waals surface area (Å²) < 4.78 is 0. The molecular weight excluding hydrogens is 180 g/mol. The van der Waals surface area contributed by atoms with Crippen LogP contribution in [0.1, 0.15) is 13.8 Å². The first-order valence-corrected chi connectivity index (χ1v) is 3.71. The highest BCUT2D eigenvalue weighted by molar-refractivity contribution is 7.81. The quantitative estimate of drug-likeness (QED) is 0.328. The van der Waals surface area contributed by atoms with Crippen LogP contribution in [0.2, 0.25) is 0 Å². The van der Waals surface area contributed by atoms with Crippen molar-refractivity contribution in [2.45, 2.75) is 24.8 Å². The zero-order valence-corrected chi connectivity index (χ0v) is 7.76. The van der Waals surface area contributed by atoms with Gasteiger partial charge in [-0.25, -0.2) is 0 Å². The molecule has 0 aromatic carbocycles. The molecule has 0 aliphatic heterocycles. The van der Waals surface area contributed by atoms with Crippen LogP contribution in [0, 0.1) is 0 Å². The van der Waals surface area contributed by atoms with E-state index in [0.717, 1.165) is 0 Å². The maximum atomic E-state index is 10.7. The molecule has 5 nitrogen and oxygen atoms in total. The number of primary amides is 1. The third-order valence-electron chi connectivity index (χ3n) is 1.18. The van der Waals surface area contributed by atoms with Gasteiger partial charge in [-0.3, -0.25) is 9.59 Å². The van der Waals surface area contributed by atoms with Crippen LogP contribution in [-0.2, 0) is 9.59 Å². The first-order chi connectivity index (χ1) is 5.25. The minimum atomic E-state index is -1.64. The second-order valence-electron chi connectivity index (χ2n) is 2.63. The Bertz CT molecular complexity index is 199. The van der Waals surface area contributed by atoms with E-state index in [1.54, 1.807) is 0 Å². The van der Waals surface area contributed by atoms with Gasteiger partial charge in [-0.2, -0.15) is 0 Å². The first kappa shape index (κ1) is 11.2. The third-order valence-corrected chi connectivity index (χ3v) is 1.44. The largest absolute Gasteiger partial charge is 0.377 e. The normalized spacial score (nSPS) is 17.7. The van der Waals surface area contributed by atoms with Gasteiger partial charge in [0, 0.05) is 6.92 Å². The molecule has 0 spiro atoms. The Hall–Kier alpha value is -0.750. The van der Waals surface area contributed by atoms with Gasteiger partial charge in [0.25, 0.3) is 0 Å². The highest BCUT2D eigenvalue weighted by Gasteiger charge is 2.33. The van der Waals surface area contributed by atoms with E-state index < -0.39 is 22.8 Å². The Morgan fingerprint density at radius 2 is 2.08 bits per heavy atom. The highest BCUT2D eigenvalue weighted by atomic mass is 32.1. The van der Waals surface area contributed by atoms with E-state index in [1.807, 2.05) is 0 Å². The highest BCUT2D eigenvalue weighted by Crippen LogP contribution is 2.13. The standard InChI is InChI=1S/C6H12N2O3S/c1-3(9)8-4(5(7)10)6(2,11)12/h4,11-12H,1-2H3,(H2,7,10)(H,8,9). The second-order valence-corrected chi connectivity index (χ2v) is 3.54. The summed E-state index contributed by atoms with van der Waals surface area (Å²) in [6, 6.07) is -1.18. The number of thiol groups is 1. The van der Waals surface area contributed by atoms with E-state index in [-0.39, 0.29) is 0 Å². The van der Waals surface area contributed by atoms with Crippen molar-refractivity contribution < 1.29 is 14.7 Å². The van der Waals surface area contributed by atoms with E-state index in [4.69, 9.17) is 5.73 Å². The Labute approximate surface area is 75.7 Å². The molecule has 2 amide bonds. The third kappa shape index (κ3) is 3.59. The molecule has 70 valence electrons. The van der Waals surface area contributed by atoms with E-state index >= 15 is 0 Å². The van der Waals surface area contributed by atoms with Crippen molar-refractivity contribution in [3.8, 4) is 0 Å². The van der Waals surface area contributed by atoms with E-state index in [2.05, 4.69) is 17.9 Å². The topological polar surface area (TPSA) is 92.4 Å². The number of hydrogen-bond acceptors (Lipinski definition) is 4. The lowest BCUT2D eigenvalue weighted by Gasteiger charge is -2.25. The van der Waals surface area contributed by atoms with Crippen LogP contribution in [0.15, 0.2) is 0 Å². The van der Waals surface area contributed by atoms with Gasteiger partial charge < -0.3 is 16.2 Å². The molecule has 0 aliphatic carbocycles. The first-order valence-electron chi connectivity index (χ1n) is 3.26. The van der Waals surface area contributed by atoms with Gasteiger partial charge in [0.15, 0.2) is 0 Å². The Morgan fingerprint density at radius 1 is 1.67 bits per heavy atom. The molecule has 0 aliphatic rings. The lowest BCUT2D eigenvalue weighted by Crippen LogP contribution is -2.54. The molecule has 6 heteroatoms. The number of carbonyl (C=O) groups excluding carboxylic acids is 2. The van der Waals surface area contributed by atoms with Crippen LogP contribution >= 0.6 is 12.6 Å². The number of nitrogens with two attached hydrogens (primary N) is 1. The molecule has 0 saturated carbocycles. The fourth-order valence-corrected chi connectivity index (χ4v) is 0.872. The van der Waals surface area contributed by atoms with Gasteiger partial charge in [0.2, 0.25) is 11.8 Å². The van der Waals surface area contributed by atoms with Crippen LogP contribution in [0.25, 0.3) is 0 Å².